The first kappa shape index (κ1) is 16.3. The highest BCUT2D eigenvalue weighted by Crippen LogP contribution is 2.33. The molecule has 0 fully saturated rings. The van der Waals surface area contributed by atoms with Gasteiger partial charge in [-0.2, -0.15) is 0 Å². The van der Waals surface area contributed by atoms with Crippen molar-refractivity contribution < 1.29 is 4.39 Å². The summed E-state index contributed by atoms with van der Waals surface area (Å²) in [5.74, 6) is 0.550. The van der Waals surface area contributed by atoms with Crippen LogP contribution in [0.25, 0.3) is 0 Å². The second kappa shape index (κ2) is 6.81. The Morgan fingerprint density at radius 1 is 0.952 bits per heavy atom. The van der Waals surface area contributed by atoms with Crippen LogP contribution in [-0.4, -0.2) is 11.8 Å². The zero-order chi connectivity index (χ0) is 15.5. The minimum Gasteiger partial charge on any atom is -0.207 e. The Morgan fingerprint density at radius 2 is 1.57 bits per heavy atom. The third-order valence-corrected chi connectivity index (χ3v) is 5.02. The molecule has 0 atom stereocenters. The smallest absolute Gasteiger partial charge is 0.123 e. The van der Waals surface area contributed by atoms with E-state index in [4.69, 9.17) is 23.2 Å². The predicted octanol–water partition coefficient (Wildman–Crippen LogP) is 5.40. The lowest BCUT2D eigenvalue weighted by molar-refractivity contribution is 0.532. The first-order valence-electron chi connectivity index (χ1n) is 6.95. The summed E-state index contributed by atoms with van der Waals surface area (Å²) in [5, 5.41) is 0. The molecule has 2 aromatic carbocycles. The molecular formula is C18H19Cl2F. The fraction of sp³-hybridized carbons (Fsp3) is 0.333. The van der Waals surface area contributed by atoms with Gasteiger partial charge in [0.2, 0.25) is 0 Å². The van der Waals surface area contributed by atoms with E-state index in [-0.39, 0.29) is 11.2 Å². The van der Waals surface area contributed by atoms with Crippen molar-refractivity contribution >= 4 is 23.2 Å². The van der Waals surface area contributed by atoms with Gasteiger partial charge >= 0.3 is 0 Å². The van der Waals surface area contributed by atoms with Crippen LogP contribution >= 0.6 is 23.2 Å². The lowest BCUT2D eigenvalue weighted by atomic mass is 9.77. The van der Waals surface area contributed by atoms with Crippen molar-refractivity contribution in [1.82, 2.24) is 0 Å². The molecule has 0 unspecified atom stereocenters. The third-order valence-electron chi connectivity index (χ3n) is 4.00. The first-order valence-corrected chi connectivity index (χ1v) is 8.02. The maximum atomic E-state index is 13.2. The molecule has 3 heteroatoms. The predicted molar refractivity (Wildman–Crippen MR) is 89.1 cm³/mol. The van der Waals surface area contributed by atoms with Gasteiger partial charge < -0.3 is 0 Å². The number of aryl methyl sites for hydroxylation is 2. The van der Waals surface area contributed by atoms with Gasteiger partial charge in [0, 0.05) is 17.2 Å². The minimum atomic E-state index is -0.380. The molecule has 0 radical (unpaired) electrons. The largest absolute Gasteiger partial charge is 0.207 e. The summed E-state index contributed by atoms with van der Waals surface area (Å²) in [5.41, 5.74) is 4.28. The highest BCUT2D eigenvalue weighted by Gasteiger charge is 2.31. The molecule has 0 bridgehead atoms. The molecule has 0 saturated heterocycles. The highest BCUT2D eigenvalue weighted by atomic mass is 35.5. The zero-order valence-corrected chi connectivity index (χ0v) is 13.8. The number of hydrogen-bond acceptors (Lipinski definition) is 0. The van der Waals surface area contributed by atoms with E-state index in [1.807, 2.05) is 0 Å². The lowest BCUT2D eigenvalue weighted by Gasteiger charge is -2.31. The van der Waals surface area contributed by atoms with Gasteiger partial charge in [0.15, 0.2) is 0 Å². The molecule has 2 aromatic rings. The van der Waals surface area contributed by atoms with E-state index < -0.39 is 0 Å². The van der Waals surface area contributed by atoms with Gasteiger partial charge in [-0.1, -0.05) is 35.9 Å². The molecule has 0 N–H and O–H groups in total. The molecule has 112 valence electrons. The van der Waals surface area contributed by atoms with Crippen LogP contribution in [0.15, 0.2) is 42.5 Å². The second-order valence-corrected chi connectivity index (χ2v) is 6.20. The summed E-state index contributed by atoms with van der Waals surface area (Å²) >= 11 is 12.5. The van der Waals surface area contributed by atoms with E-state index in [1.54, 1.807) is 12.1 Å². The van der Waals surface area contributed by atoms with Crippen LogP contribution in [-0.2, 0) is 11.8 Å². The van der Waals surface area contributed by atoms with E-state index in [0.717, 1.165) is 12.0 Å². The topological polar surface area (TPSA) is 0 Å². The Bertz CT molecular complexity index is 601. The van der Waals surface area contributed by atoms with Crippen LogP contribution in [0, 0.1) is 19.7 Å². The maximum Gasteiger partial charge on any atom is 0.123 e. The van der Waals surface area contributed by atoms with Crippen LogP contribution in [0.5, 0.6) is 0 Å². The molecule has 0 aromatic heterocycles. The molecule has 0 spiro atoms. The number of alkyl halides is 2. The van der Waals surface area contributed by atoms with Crippen molar-refractivity contribution in [1.29, 1.82) is 0 Å². The molecule has 0 aliphatic carbocycles. The first-order chi connectivity index (χ1) is 10.0. The maximum absolute atomic E-state index is 13.2. The van der Waals surface area contributed by atoms with Crippen molar-refractivity contribution in [3.8, 4) is 0 Å². The van der Waals surface area contributed by atoms with E-state index in [9.17, 15) is 4.39 Å². The Balaban J connectivity index is 2.42. The Kier molecular flexibility index (Phi) is 5.29. The van der Waals surface area contributed by atoms with Gasteiger partial charge in [-0.3, -0.25) is 0 Å². The lowest BCUT2D eigenvalue weighted by Crippen LogP contribution is -2.33. The molecule has 21 heavy (non-hydrogen) atoms. The van der Waals surface area contributed by atoms with Gasteiger partial charge in [0.25, 0.3) is 0 Å². The molecular weight excluding hydrogens is 306 g/mol. The standard InChI is InChI=1S/C18H19Cl2F/c1-13-3-4-14(2)15(9-13)10-18(11-19,12-20)16-5-7-17(21)8-6-16/h3-9H,10-12H2,1-2H3. The molecule has 0 nitrogen and oxygen atoms in total. The van der Waals surface area contributed by atoms with Gasteiger partial charge in [0.1, 0.15) is 5.82 Å². The SMILES string of the molecule is Cc1ccc(C)c(CC(CCl)(CCl)c2ccc(F)cc2)c1. The quantitative estimate of drug-likeness (QED) is 0.646. The zero-order valence-electron chi connectivity index (χ0n) is 12.3. The van der Waals surface area contributed by atoms with Crippen molar-refractivity contribution in [3.05, 3.63) is 70.5 Å². The van der Waals surface area contributed by atoms with Crippen LogP contribution in [0.2, 0.25) is 0 Å². The summed E-state index contributed by atoms with van der Waals surface area (Å²) < 4.78 is 13.2. The molecule has 0 aliphatic heterocycles. The fourth-order valence-corrected chi connectivity index (χ4v) is 3.33. The van der Waals surface area contributed by atoms with Gasteiger partial charge in [-0.25, -0.2) is 4.39 Å². The van der Waals surface area contributed by atoms with Crippen LogP contribution in [0.4, 0.5) is 4.39 Å². The van der Waals surface area contributed by atoms with Crippen molar-refractivity contribution in [2.75, 3.05) is 11.8 Å². The van der Waals surface area contributed by atoms with Gasteiger partial charge in [-0.05, 0) is 49.1 Å². The Morgan fingerprint density at radius 3 is 2.14 bits per heavy atom. The number of rotatable bonds is 5. The monoisotopic (exact) mass is 324 g/mol. The number of benzene rings is 2. The van der Waals surface area contributed by atoms with E-state index >= 15 is 0 Å². The summed E-state index contributed by atoms with van der Waals surface area (Å²) in [4.78, 5) is 0. The molecule has 0 heterocycles. The van der Waals surface area contributed by atoms with E-state index in [0.29, 0.717) is 11.8 Å². The highest BCUT2D eigenvalue weighted by molar-refractivity contribution is 6.22. The van der Waals surface area contributed by atoms with Crippen molar-refractivity contribution in [2.24, 2.45) is 0 Å². The molecule has 0 aliphatic rings. The van der Waals surface area contributed by atoms with Crippen molar-refractivity contribution in [3.63, 3.8) is 0 Å². The number of hydrogen-bond donors (Lipinski definition) is 0. The normalized spacial score (nSPS) is 11.7. The van der Waals surface area contributed by atoms with E-state index in [2.05, 4.69) is 32.0 Å². The summed E-state index contributed by atoms with van der Waals surface area (Å²) in [7, 11) is 0. The van der Waals surface area contributed by atoms with E-state index in [1.165, 1.54) is 28.8 Å². The van der Waals surface area contributed by atoms with Gasteiger partial charge in [0.05, 0.1) is 0 Å². The van der Waals surface area contributed by atoms with Crippen LogP contribution in [0.3, 0.4) is 0 Å². The Labute approximate surface area is 135 Å². The summed E-state index contributed by atoms with van der Waals surface area (Å²) in [6.45, 7) is 4.16. The van der Waals surface area contributed by atoms with Crippen LogP contribution in [0.1, 0.15) is 22.3 Å². The fourth-order valence-electron chi connectivity index (χ4n) is 2.55. The molecule has 0 saturated carbocycles. The van der Waals surface area contributed by atoms with Gasteiger partial charge in [-0.15, -0.1) is 23.2 Å². The Hall–Kier alpha value is -1.05. The molecule has 2 rings (SSSR count). The minimum absolute atomic E-state index is 0.247. The number of halogens is 3. The van der Waals surface area contributed by atoms with Crippen LogP contribution < -0.4 is 0 Å². The average Bonchev–Trinajstić information content (AvgIpc) is 2.49. The summed E-state index contributed by atoms with van der Waals surface area (Å²) in [6.07, 6.45) is 0.749. The third kappa shape index (κ3) is 3.59. The summed E-state index contributed by atoms with van der Waals surface area (Å²) in [6, 6.07) is 12.9. The second-order valence-electron chi connectivity index (χ2n) is 5.66. The van der Waals surface area contributed by atoms with Crippen molar-refractivity contribution in [2.45, 2.75) is 25.7 Å². The average molecular weight is 325 g/mol. The molecule has 0 amide bonds.